The molecule has 1 aromatic rings. The number of nitrogens with one attached hydrogen (secondary N) is 2. The van der Waals surface area contributed by atoms with E-state index >= 15 is 0 Å². The van der Waals surface area contributed by atoms with E-state index in [2.05, 4.69) is 14.9 Å². The van der Waals surface area contributed by atoms with Crippen molar-refractivity contribution in [3.8, 4) is 0 Å². The van der Waals surface area contributed by atoms with Gasteiger partial charge in [-0.05, 0) is 46.6 Å². The molecule has 0 aliphatic heterocycles. The number of alkyl carbamates (subject to hydrolysis) is 1. The Morgan fingerprint density at radius 3 is 2.69 bits per heavy atom. The summed E-state index contributed by atoms with van der Waals surface area (Å²) in [6.07, 6.45) is 12.7. The molecule has 2 rings (SSSR count). The minimum Gasteiger partial charge on any atom is -0.444 e. The number of nitrogens with zero attached hydrogens (tertiary/aromatic N) is 2. The lowest BCUT2D eigenvalue weighted by Crippen LogP contribution is -2.34. The van der Waals surface area contributed by atoms with Crippen LogP contribution < -0.4 is 16.0 Å². The van der Waals surface area contributed by atoms with Gasteiger partial charge in [0.15, 0.2) is 0 Å². The second-order valence-corrected chi connectivity index (χ2v) is 7.14. The summed E-state index contributed by atoms with van der Waals surface area (Å²) in [5.74, 6) is 0. The normalized spacial score (nSPS) is 16.9. The largest absolute Gasteiger partial charge is 0.444 e. The third-order valence-corrected chi connectivity index (χ3v) is 3.82. The predicted octanol–water partition coefficient (Wildman–Crippen LogP) is 2.28. The van der Waals surface area contributed by atoms with E-state index in [9.17, 15) is 4.79 Å². The maximum Gasteiger partial charge on any atom is 0.407 e. The Hall–Kier alpha value is -2.63. The highest BCUT2D eigenvalue weighted by Crippen LogP contribution is 2.07. The van der Waals surface area contributed by atoms with Gasteiger partial charge in [-0.2, -0.15) is 0 Å². The van der Waals surface area contributed by atoms with Gasteiger partial charge in [-0.15, -0.1) is 0 Å². The van der Waals surface area contributed by atoms with Gasteiger partial charge in [-0.25, -0.2) is 9.78 Å². The first-order valence-corrected chi connectivity index (χ1v) is 8.94. The van der Waals surface area contributed by atoms with Crippen LogP contribution in [0.25, 0.3) is 11.6 Å². The molecule has 6 heteroatoms. The van der Waals surface area contributed by atoms with Crippen LogP contribution in [-0.4, -0.2) is 33.5 Å². The lowest BCUT2D eigenvalue weighted by Gasteiger charge is -2.19. The van der Waals surface area contributed by atoms with E-state index in [-0.39, 0.29) is 6.09 Å². The highest BCUT2D eigenvalue weighted by atomic mass is 16.6. The molecule has 2 N–H and O–H groups in total. The summed E-state index contributed by atoms with van der Waals surface area (Å²) in [7, 11) is 0. The second kappa shape index (κ2) is 8.65. The van der Waals surface area contributed by atoms with E-state index < -0.39 is 5.60 Å². The molecule has 0 radical (unpaired) electrons. The van der Waals surface area contributed by atoms with Crippen molar-refractivity contribution in [1.29, 1.82) is 5.41 Å². The molecule has 0 spiro atoms. The van der Waals surface area contributed by atoms with Crippen molar-refractivity contribution in [3.63, 3.8) is 0 Å². The molecule has 1 heterocycles. The van der Waals surface area contributed by atoms with Gasteiger partial charge in [-0.1, -0.05) is 24.3 Å². The van der Waals surface area contributed by atoms with Crippen molar-refractivity contribution >= 4 is 23.5 Å². The van der Waals surface area contributed by atoms with E-state index in [0.717, 1.165) is 35.7 Å². The van der Waals surface area contributed by atoms with Crippen LogP contribution in [0.1, 0.15) is 40.5 Å². The molecule has 26 heavy (non-hydrogen) atoms. The number of allylic oxidation sites excluding steroid dienone is 4. The highest BCUT2D eigenvalue weighted by molar-refractivity contribution is 6.26. The lowest BCUT2D eigenvalue weighted by atomic mass is 10.1. The smallest absolute Gasteiger partial charge is 0.407 e. The Labute approximate surface area is 154 Å². The van der Waals surface area contributed by atoms with Gasteiger partial charge in [0.05, 0.1) is 22.7 Å². The number of carbonyl (C=O) groups excluding carboxylic acids is 1. The standard InChI is InChI=1S/C20H28N4O2/c1-5-17-18(15-10-6-7-11-16(15)21)24(14-23-17)13-9-8-12-22-19(25)26-20(2,3)4/h5-7,10-11,14,21H,8-9,12-13H2,1-4H3,(H,22,25)/b17-5+,18-15+,21-16?. The molecule has 6 nitrogen and oxygen atoms in total. The van der Waals surface area contributed by atoms with Gasteiger partial charge in [0.1, 0.15) is 5.60 Å². The van der Waals surface area contributed by atoms with Crippen molar-refractivity contribution in [2.45, 2.75) is 52.7 Å². The van der Waals surface area contributed by atoms with Crippen molar-refractivity contribution < 1.29 is 9.53 Å². The van der Waals surface area contributed by atoms with Crippen LogP contribution in [-0.2, 0) is 11.3 Å². The van der Waals surface area contributed by atoms with Crippen LogP contribution in [0.15, 0.2) is 30.6 Å². The Morgan fingerprint density at radius 2 is 2.04 bits per heavy atom. The van der Waals surface area contributed by atoms with E-state index in [1.165, 1.54) is 0 Å². The first-order chi connectivity index (χ1) is 12.3. The lowest BCUT2D eigenvalue weighted by molar-refractivity contribution is 0.0527. The van der Waals surface area contributed by atoms with E-state index in [0.29, 0.717) is 12.3 Å². The van der Waals surface area contributed by atoms with Gasteiger partial charge in [0.25, 0.3) is 0 Å². The maximum atomic E-state index is 11.6. The van der Waals surface area contributed by atoms with Crippen LogP contribution in [0.5, 0.6) is 0 Å². The molecule has 140 valence electrons. The van der Waals surface area contributed by atoms with Crippen LogP contribution in [0.4, 0.5) is 4.79 Å². The summed E-state index contributed by atoms with van der Waals surface area (Å²) in [6, 6.07) is 0. The minimum absolute atomic E-state index is 0.383. The minimum atomic E-state index is -0.480. The number of aromatic nitrogens is 2. The molecule has 0 saturated carbocycles. The number of rotatable bonds is 5. The fourth-order valence-corrected chi connectivity index (χ4v) is 2.67. The third-order valence-electron chi connectivity index (χ3n) is 3.82. The van der Waals surface area contributed by atoms with Crippen molar-refractivity contribution in [2.24, 2.45) is 0 Å². The SMILES string of the molecule is C/C=c1/ncn(CCCCNC(=O)OC(C)(C)C)/c1=C1\C=CC=CC1=N. The molecular weight excluding hydrogens is 328 g/mol. The predicted molar refractivity (Wildman–Crippen MR) is 105 cm³/mol. The van der Waals surface area contributed by atoms with Crippen LogP contribution in [0.2, 0.25) is 0 Å². The summed E-state index contributed by atoms with van der Waals surface area (Å²) in [4.78, 5) is 16.1. The summed E-state index contributed by atoms with van der Waals surface area (Å²) in [5, 5.41) is 12.8. The second-order valence-electron chi connectivity index (χ2n) is 7.14. The molecule has 1 aliphatic carbocycles. The fourth-order valence-electron chi connectivity index (χ4n) is 2.67. The topological polar surface area (TPSA) is 80.0 Å². The number of carbonyl (C=O) groups is 1. The monoisotopic (exact) mass is 356 g/mol. The van der Waals surface area contributed by atoms with Gasteiger partial charge >= 0.3 is 6.09 Å². The highest BCUT2D eigenvalue weighted by Gasteiger charge is 2.15. The fraction of sp³-hybridized carbons (Fsp3) is 0.450. The molecule has 0 atom stereocenters. The maximum absolute atomic E-state index is 11.6. The van der Waals surface area contributed by atoms with Gasteiger partial charge in [0.2, 0.25) is 0 Å². The van der Waals surface area contributed by atoms with E-state index in [1.807, 2.05) is 58.3 Å². The number of aryl methyl sites for hydroxylation is 1. The molecule has 0 saturated heterocycles. The molecular formula is C20H28N4O2. The zero-order chi connectivity index (χ0) is 19.2. The zero-order valence-corrected chi connectivity index (χ0v) is 16.0. The Morgan fingerprint density at radius 1 is 1.31 bits per heavy atom. The van der Waals surface area contributed by atoms with E-state index in [4.69, 9.17) is 10.1 Å². The van der Waals surface area contributed by atoms with Crippen LogP contribution in [0.3, 0.4) is 0 Å². The quantitative estimate of drug-likeness (QED) is 0.795. The first kappa shape index (κ1) is 19.7. The summed E-state index contributed by atoms with van der Waals surface area (Å²) >= 11 is 0. The molecule has 1 aromatic heterocycles. The zero-order valence-electron chi connectivity index (χ0n) is 16.0. The number of amides is 1. The molecule has 1 amide bonds. The molecule has 1 aliphatic rings. The molecule has 0 bridgehead atoms. The van der Waals surface area contributed by atoms with Crippen molar-refractivity contribution in [2.75, 3.05) is 6.54 Å². The Kier molecular flexibility index (Phi) is 6.55. The van der Waals surface area contributed by atoms with E-state index in [1.54, 1.807) is 6.08 Å². The van der Waals surface area contributed by atoms with Crippen molar-refractivity contribution in [1.82, 2.24) is 14.9 Å². The molecule has 0 unspecified atom stereocenters. The Balaban J connectivity index is 1.98. The number of unbranched alkanes of at least 4 members (excludes halogenated alkanes) is 1. The van der Waals surface area contributed by atoms with Gasteiger partial charge in [0, 0.05) is 18.7 Å². The summed E-state index contributed by atoms with van der Waals surface area (Å²) < 4.78 is 7.30. The van der Waals surface area contributed by atoms with Gasteiger partial charge < -0.3 is 20.0 Å². The van der Waals surface area contributed by atoms with Crippen molar-refractivity contribution in [3.05, 3.63) is 41.3 Å². The summed E-state index contributed by atoms with van der Waals surface area (Å²) in [6.45, 7) is 8.84. The number of ether oxygens (including phenoxy) is 1. The van der Waals surface area contributed by atoms with Gasteiger partial charge in [-0.3, -0.25) is 0 Å². The van der Waals surface area contributed by atoms with Crippen LogP contribution >= 0.6 is 0 Å². The average Bonchev–Trinajstić information content (AvgIpc) is 2.96. The number of hydrogen-bond acceptors (Lipinski definition) is 4. The van der Waals surface area contributed by atoms with Crippen LogP contribution in [0, 0.1) is 5.41 Å². The molecule has 0 fully saturated rings. The number of hydrogen-bond donors (Lipinski definition) is 2. The summed E-state index contributed by atoms with van der Waals surface area (Å²) in [5.41, 5.74) is 0.890. The third kappa shape index (κ3) is 5.44. The Bertz CT molecular complexity index is 838. The first-order valence-electron chi connectivity index (χ1n) is 8.94. The number of imidazole rings is 1. The average molecular weight is 356 g/mol. The molecule has 0 aromatic carbocycles.